The van der Waals surface area contributed by atoms with E-state index in [0.29, 0.717) is 41.3 Å². The molecule has 0 saturated carbocycles. The number of methoxy groups -OCH3 is 1. The number of hydrogen-bond acceptors (Lipinski definition) is 17. The van der Waals surface area contributed by atoms with Crippen molar-refractivity contribution in [2.24, 2.45) is 0 Å². The first kappa shape index (κ1) is 43.6. The van der Waals surface area contributed by atoms with Crippen LogP contribution in [0, 0.1) is 10.1 Å². The van der Waals surface area contributed by atoms with Crippen LogP contribution in [-0.2, 0) is 48.7 Å². The highest BCUT2D eigenvalue weighted by molar-refractivity contribution is 7.92. The van der Waals surface area contributed by atoms with Crippen molar-refractivity contribution in [1.82, 2.24) is 35.2 Å². The van der Waals surface area contributed by atoms with Gasteiger partial charge in [-0.3, -0.25) is 53.7 Å². The number of rotatable bonds is 19. The largest absolute Gasteiger partial charge is 0.490 e. The summed E-state index contributed by atoms with van der Waals surface area (Å²) in [4.78, 5) is 82.8. The molecule has 3 aromatic heterocycles. The molecule has 2 aromatic carbocycles. The minimum atomic E-state index is -4.14. The first-order chi connectivity index (χ1) is 30.3. The number of hydrogen-bond donors (Lipinski definition) is 3. The van der Waals surface area contributed by atoms with Crippen LogP contribution in [0.1, 0.15) is 56.2 Å². The van der Waals surface area contributed by atoms with Gasteiger partial charge in [-0.2, -0.15) is 0 Å². The molecule has 63 heavy (non-hydrogen) atoms. The van der Waals surface area contributed by atoms with E-state index in [9.17, 15) is 42.5 Å². The van der Waals surface area contributed by atoms with Gasteiger partial charge >= 0.3 is 5.00 Å². The van der Waals surface area contributed by atoms with E-state index in [1.165, 1.54) is 67.9 Å². The highest BCUT2D eigenvalue weighted by Crippen LogP contribution is 2.34. The number of piperidine rings is 1. The number of benzene rings is 2. The van der Waals surface area contributed by atoms with Crippen molar-refractivity contribution in [2.45, 2.75) is 49.8 Å². The molecule has 0 spiro atoms. The summed E-state index contributed by atoms with van der Waals surface area (Å²) in [6, 6.07) is 11.8. The van der Waals surface area contributed by atoms with Crippen molar-refractivity contribution in [2.75, 3.05) is 30.4 Å². The Labute approximate surface area is 361 Å². The molecule has 1 fully saturated rings. The molecule has 5 amide bonds. The van der Waals surface area contributed by atoms with Crippen LogP contribution in [0.3, 0.4) is 0 Å². The molecule has 5 aromatic rings. The molecule has 1 atom stereocenters. The third-order valence-electron chi connectivity index (χ3n) is 9.41. The number of amides is 5. The molecule has 5 heterocycles. The van der Waals surface area contributed by atoms with E-state index in [1.807, 2.05) is 0 Å². The minimum Gasteiger partial charge on any atom is -0.490 e. The first-order valence-electron chi connectivity index (χ1n) is 19.0. The lowest BCUT2D eigenvalue weighted by molar-refractivity contribution is -0.380. The summed E-state index contributed by atoms with van der Waals surface area (Å²) in [6.07, 6.45) is 6.85. The van der Waals surface area contributed by atoms with E-state index in [2.05, 4.69) is 35.6 Å². The third-order valence-corrected chi connectivity index (χ3v) is 11.8. The van der Waals surface area contributed by atoms with E-state index < -0.39 is 50.5 Å². The van der Waals surface area contributed by atoms with Crippen LogP contribution >= 0.6 is 11.3 Å². The molecule has 326 valence electrons. The number of anilines is 2. The highest BCUT2D eigenvalue weighted by atomic mass is 32.2. The molecule has 0 aliphatic carbocycles. The standard InChI is InChI=1S/C39H36N10O12S2/c1-59-37-35(45-63(57,58)27-11-7-23(8-12-27)41-31(50)14-9-26-10-16-33(62-26)49(55)56)40-20-24(42-37)4-3-17-47-21-25(44-46-47)22-60-18-19-61-30-6-2-5-28-34(30)39(54)48(38(28)53)29-13-15-32(51)43-36(29)52/h2,5-12,14,16,20-21,29H,3-4,13,15,17-19,22H2,1H3,(H,40,45)(H,41,50)(H,43,51,52)/b14-9+. The van der Waals surface area contributed by atoms with Gasteiger partial charge in [0.05, 0.1) is 59.4 Å². The SMILES string of the molecule is COc1nc(CCCn2cc(COCCOc3cccc4c3C(=O)N(C3CCC(=O)NC3=O)C4=O)nn2)cnc1NS(=O)(=O)c1ccc(NC(=O)/C=C/c2ccc([N+](=O)[O-])s2)cc1. The lowest BCUT2D eigenvalue weighted by atomic mass is 10.0. The van der Waals surface area contributed by atoms with Crippen molar-refractivity contribution in [3.05, 3.63) is 111 Å². The van der Waals surface area contributed by atoms with Crippen molar-refractivity contribution < 1.29 is 51.5 Å². The monoisotopic (exact) mass is 900 g/mol. The third kappa shape index (κ3) is 10.4. The molecule has 3 N–H and O–H groups in total. The fourth-order valence-electron chi connectivity index (χ4n) is 6.44. The first-order valence-corrected chi connectivity index (χ1v) is 21.3. The lowest BCUT2D eigenvalue weighted by Crippen LogP contribution is -2.54. The number of thiophene rings is 1. The van der Waals surface area contributed by atoms with Crippen molar-refractivity contribution in [3.8, 4) is 11.6 Å². The van der Waals surface area contributed by atoms with Gasteiger partial charge in [0.15, 0.2) is 0 Å². The van der Waals surface area contributed by atoms with Gasteiger partial charge in [-0.25, -0.2) is 18.4 Å². The second kappa shape index (κ2) is 19.1. The van der Waals surface area contributed by atoms with E-state index in [-0.39, 0.29) is 71.1 Å². The van der Waals surface area contributed by atoms with Crippen LogP contribution in [0.4, 0.5) is 16.5 Å². The van der Waals surface area contributed by atoms with E-state index in [1.54, 1.807) is 23.0 Å². The lowest BCUT2D eigenvalue weighted by Gasteiger charge is -2.27. The Morgan fingerprint density at radius 2 is 1.87 bits per heavy atom. The summed E-state index contributed by atoms with van der Waals surface area (Å²) in [7, 11) is -2.80. The Morgan fingerprint density at radius 1 is 1.06 bits per heavy atom. The number of carbonyl (C=O) groups excluding carboxylic acids is 5. The van der Waals surface area contributed by atoms with Crippen LogP contribution < -0.4 is 24.8 Å². The molecule has 0 radical (unpaired) electrons. The number of carbonyl (C=O) groups is 5. The zero-order chi connectivity index (χ0) is 44.7. The highest BCUT2D eigenvalue weighted by Gasteiger charge is 2.46. The predicted octanol–water partition coefficient (Wildman–Crippen LogP) is 3.13. The second-order valence-corrected chi connectivity index (χ2v) is 16.5. The van der Waals surface area contributed by atoms with Gasteiger partial charge < -0.3 is 19.5 Å². The number of fused-ring (bicyclic) bond motifs is 1. The number of aryl methyl sites for hydroxylation is 2. The number of imide groups is 2. The maximum atomic E-state index is 13.3. The Balaban J connectivity index is 0.837. The van der Waals surface area contributed by atoms with Gasteiger partial charge in [0.2, 0.25) is 23.5 Å². The average Bonchev–Trinajstić information content (AvgIpc) is 3.99. The molecule has 24 heteroatoms. The number of ether oxygens (including phenoxy) is 3. The maximum absolute atomic E-state index is 13.3. The van der Waals surface area contributed by atoms with E-state index in [4.69, 9.17) is 14.2 Å². The molecule has 0 bridgehead atoms. The second-order valence-electron chi connectivity index (χ2n) is 13.7. The summed E-state index contributed by atoms with van der Waals surface area (Å²) in [5.74, 6) is -2.98. The molecular weight excluding hydrogens is 865 g/mol. The van der Waals surface area contributed by atoms with Crippen molar-refractivity contribution in [1.29, 1.82) is 0 Å². The summed E-state index contributed by atoms with van der Waals surface area (Å²) in [5, 5.41) is 23.8. The quantitative estimate of drug-likeness (QED) is 0.0353. The molecule has 2 aliphatic rings. The number of nitrogens with one attached hydrogen (secondary N) is 3. The zero-order valence-electron chi connectivity index (χ0n) is 33.1. The van der Waals surface area contributed by atoms with Gasteiger partial charge in [0.25, 0.3) is 27.7 Å². The zero-order valence-corrected chi connectivity index (χ0v) is 34.7. The van der Waals surface area contributed by atoms with Gasteiger partial charge in [-0.15, -0.1) is 5.10 Å². The molecule has 1 saturated heterocycles. The normalized spacial score (nSPS) is 15.1. The summed E-state index contributed by atoms with van der Waals surface area (Å²) in [5.41, 5.74) is 1.55. The Hall–Kier alpha value is -7.44. The van der Waals surface area contributed by atoms with Gasteiger partial charge in [-0.1, -0.05) is 22.6 Å². The predicted molar refractivity (Wildman–Crippen MR) is 221 cm³/mol. The van der Waals surface area contributed by atoms with Crippen molar-refractivity contribution in [3.63, 3.8) is 0 Å². The smallest absolute Gasteiger partial charge is 0.324 e. The topological polar surface area (TPSA) is 286 Å². The van der Waals surface area contributed by atoms with Crippen LogP contribution in [-0.4, -0.2) is 99.1 Å². The van der Waals surface area contributed by atoms with Crippen LogP contribution in [0.2, 0.25) is 0 Å². The summed E-state index contributed by atoms with van der Waals surface area (Å²) < 4.78 is 47.1. The number of nitrogens with zero attached hydrogens (tertiary/aromatic N) is 7. The van der Waals surface area contributed by atoms with Gasteiger partial charge in [-0.05, 0) is 67.8 Å². The number of aromatic nitrogens is 5. The van der Waals surface area contributed by atoms with Crippen LogP contribution in [0.5, 0.6) is 11.6 Å². The van der Waals surface area contributed by atoms with Gasteiger partial charge in [0, 0.05) is 35.7 Å². The van der Waals surface area contributed by atoms with Crippen LogP contribution in [0.25, 0.3) is 6.08 Å². The molecule has 2 aliphatic heterocycles. The molecule has 7 rings (SSSR count). The van der Waals surface area contributed by atoms with E-state index >= 15 is 0 Å². The number of nitro groups is 1. The summed E-state index contributed by atoms with van der Waals surface area (Å²) >= 11 is 0.917. The molecular formula is C39H36N10O12S2. The molecule has 1 unspecified atom stereocenters. The minimum absolute atomic E-state index is 0.0133. The molecule has 22 nitrogen and oxygen atoms in total. The summed E-state index contributed by atoms with van der Waals surface area (Å²) in [6.45, 7) is 0.729. The fraction of sp³-hybridized carbons (Fsp3) is 0.256. The van der Waals surface area contributed by atoms with Crippen molar-refractivity contribution >= 4 is 73.5 Å². The van der Waals surface area contributed by atoms with Gasteiger partial charge in [0.1, 0.15) is 24.1 Å². The average molecular weight is 901 g/mol. The Morgan fingerprint density at radius 3 is 2.62 bits per heavy atom. The Bertz CT molecular complexity index is 2740. The fourth-order valence-corrected chi connectivity index (χ4v) is 8.17. The number of sulfonamides is 1. The van der Waals surface area contributed by atoms with E-state index in [0.717, 1.165) is 16.2 Å². The maximum Gasteiger partial charge on any atom is 0.324 e. The van der Waals surface area contributed by atoms with Crippen LogP contribution in [0.15, 0.2) is 78.0 Å². The Kier molecular flexibility index (Phi) is 13.2.